The first-order valence-electron chi connectivity index (χ1n) is 6.90. The van der Waals surface area contributed by atoms with Crippen LogP contribution in [0, 0.1) is 5.82 Å². The minimum absolute atomic E-state index is 0.211. The molecule has 0 amide bonds. The lowest BCUT2D eigenvalue weighted by Gasteiger charge is -2.07. The molecule has 1 N–H and O–H groups in total. The van der Waals surface area contributed by atoms with Crippen molar-refractivity contribution in [1.82, 2.24) is 0 Å². The largest absolute Gasteiger partial charge is 0.383 e. The van der Waals surface area contributed by atoms with Crippen LogP contribution in [0.3, 0.4) is 0 Å². The zero-order chi connectivity index (χ0) is 13.1. The third-order valence-corrected chi connectivity index (χ3v) is 2.79. The van der Waals surface area contributed by atoms with Gasteiger partial charge in [-0.3, -0.25) is 0 Å². The monoisotopic (exact) mass is 253 g/mol. The summed E-state index contributed by atoms with van der Waals surface area (Å²) in [6, 6.07) is 6.49. The maximum absolute atomic E-state index is 12.9. The van der Waals surface area contributed by atoms with Crippen LogP contribution in [0.15, 0.2) is 24.3 Å². The molecule has 0 unspecified atom stereocenters. The lowest BCUT2D eigenvalue weighted by molar-refractivity contribution is 0.139. The van der Waals surface area contributed by atoms with Crippen molar-refractivity contribution in [3.63, 3.8) is 0 Å². The van der Waals surface area contributed by atoms with Gasteiger partial charge in [0.2, 0.25) is 0 Å². The Morgan fingerprint density at radius 3 is 2.72 bits per heavy atom. The molecule has 0 aromatic heterocycles. The number of halogens is 1. The molecule has 0 heterocycles. The third-order valence-electron chi connectivity index (χ3n) is 2.79. The molecule has 0 saturated heterocycles. The quantitative estimate of drug-likeness (QED) is 0.630. The van der Waals surface area contributed by atoms with Crippen molar-refractivity contribution in [3.05, 3.63) is 30.1 Å². The van der Waals surface area contributed by atoms with Crippen molar-refractivity contribution in [3.8, 4) is 0 Å². The first-order chi connectivity index (χ1) is 8.83. The Balaban J connectivity index is 1.92. The van der Waals surface area contributed by atoms with Gasteiger partial charge >= 0.3 is 0 Å². The van der Waals surface area contributed by atoms with Crippen LogP contribution < -0.4 is 5.32 Å². The fourth-order valence-corrected chi connectivity index (χ4v) is 1.78. The summed E-state index contributed by atoms with van der Waals surface area (Å²) >= 11 is 0. The van der Waals surface area contributed by atoms with Gasteiger partial charge in [-0.05, 0) is 24.6 Å². The van der Waals surface area contributed by atoms with E-state index in [-0.39, 0.29) is 5.82 Å². The lowest BCUT2D eigenvalue weighted by atomic mass is 10.2. The van der Waals surface area contributed by atoms with E-state index in [0.29, 0.717) is 6.61 Å². The van der Waals surface area contributed by atoms with Crippen molar-refractivity contribution in [2.75, 3.05) is 25.1 Å². The third kappa shape index (κ3) is 7.28. The van der Waals surface area contributed by atoms with Gasteiger partial charge in [-0.1, -0.05) is 38.7 Å². The summed E-state index contributed by atoms with van der Waals surface area (Å²) < 4.78 is 18.4. The van der Waals surface area contributed by atoms with Crippen LogP contribution in [-0.4, -0.2) is 19.8 Å². The number of rotatable bonds is 10. The molecule has 3 heteroatoms. The number of anilines is 1. The summed E-state index contributed by atoms with van der Waals surface area (Å²) in [5.41, 5.74) is 0.807. The van der Waals surface area contributed by atoms with Gasteiger partial charge in [-0.2, -0.15) is 0 Å². The second-order valence-corrected chi connectivity index (χ2v) is 4.46. The minimum Gasteiger partial charge on any atom is -0.383 e. The Kier molecular flexibility index (Phi) is 8.23. The molecule has 0 radical (unpaired) electrons. The molecule has 0 aliphatic rings. The zero-order valence-electron chi connectivity index (χ0n) is 11.3. The van der Waals surface area contributed by atoms with Gasteiger partial charge in [0.1, 0.15) is 5.82 Å². The van der Waals surface area contributed by atoms with Crippen LogP contribution in [0.1, 0.15) is 39.0 Å². The van der Waals surface area contributed by atoms with Gasteiger partial charge in [0, 0.05) is 18.8 Å². The smallest absolute Gasteiger partial charge is 0.125 e. The topological polar surface area (TPSA) is 21.3 Å². The zero-order valence-corrected chi connectivity index (χ0v) is 11.3. The van der Waals surface area contributed by atoms with E-state index in [1.807, 2.05) is 6.07 Å². The molecular formula is C15H24FNO. The van der Waals surface area contributed by atoms with Crippen molar-refractivity contribution >= 4 is 5.69 Å². The molecule has 2 nitrogen and oxygen atoms in total. The molecule has 1 rings (SSSR count). The Labute approximate surface area is 110 Å². The second kappa shape index (κ2) is 9.89. The van der Waals surface area contributed by atoms with Gasteiger partial charge in [0.05, 0.1) is 6.61 Å². The van der Waals surface area contributed by atoms with E-state index in [9.17, 15) is 4.39 Å². The van der Waals surface area contributed by atoms with Crippen molar-refractivity contribution < 1.29 is 9.13 Å². The average Bonchev–Trinajstić information content (AvgIpc) is 2.37. The van der Waals surface area contributed by atoms with Gasteiger partial charge < -0.3 is 10.1 Å². The van der Waals surface area contributed by atoms with Crippen LogP contribution >= 0.6 is 0 Å². The molecule has 0 aliphatic heterocycles. The molecule has 1 aromatic carbocycles. The van der Waals surface area contributed by atoms with E-state index in [1.165, 1.54) is 37.8 Å². The molecule has 18 heavy (non-hydrogen) atoms. The van der Waals surface area contributed by atoms with E-state index in [1.54, 1.807) is 6.07 Å². The Morgan fingerprint density at radius 2 is 1.94 bits per heavy atom. The molecule has 0 bridgehead atoms. The highest BCUT2D eigenvalue weighted by Crippen LogP contribution is 2.08. The Hall–Kier alpha value is -1.09. The molecule has 0 atom stereocenters. The number of hydrogen-bond donors (Lipinski definition) is 1. The van der Waals surface area contributed by atoms with E-state index in [0.717, 1.165) is 25.3 Å². The predicted molar refractivity (Wildman–Crippen MR) is 74.5 cm³/mol. The van der Waals surface area contributed by atoms with Crippen molar-refractivity contribution in [2.24, 2.45) is 0 Å². The SMILES string of the molecule is CCCCCCCOCCNc1cccc(F)c1. The maximum atomic E-state index is 12.9. The highest BCUT2D eigenvalue weighted by atomic mass is 19.1. The average molecular weight is 253 g/mol. The maximum Gasteiger partial charge on any atom is 0.125 e. The first-order valence-corrected chi connectivity index (χ1v) is 6.90. The summed E-state index contributed by atoms with van der Waals surface area (Å²) in [5, 5.41) is 3.13. The number of benzene rings is 1. The first kappa shape index (κ1) is 15.0. The van der Waals surface area contributed by atoms with Crippen LogP contribution in [0.4, 0.5) is 10.1 Å². The summed E-state index contributed by atoms with van der Waals surface area (Å²) in [6.45, 7) is 4.44. The minimum atomic E-state index is -0.211. The van der Waals surface area contributed by atoms with E-state index < -0.39 is 0 Å². The second-order valence-electron chi connectivity index (χ2n) is 4.46. The molecule has 0 aliphatic carbocycles. The van der Waals surface area contributed by atoms with Crippen molar-refractivity contribution in [2.45, 2.75) is 39.0 Å². The van der Waals surface area contributed by atoms with Gasteiger partial charge in [-0.15, -0.1) is 0 Å². The van der Waals surface area contributed by atoms with Crippen LogP contribution in [0.2, 0.25) is 0 Å². The van der Waals surface area contributed by atoms with Crippen LogP contribution in [0.5, 0.6) is 0 Å². The highest BCUT2D eigenvalue weighted by molar-refractivity contribution is 5.42. The van der Waals surface area contributed by atoms with E-state index in [2.05, 4.69) is 12.2 Å². The fourth-order valence-electron chi connectivity index (χ4n) is 1.78. The standard InChI is InChI=1S/C15H24FNO/c1-2-3-4-5-6-11-18-12-10-17-15-9-7-8-14(16)13-15/h7-9,13,17H,2-6,10-12H2,1H3. The molecule has 102 valence electrons. The predicted octanol–water partition coefficient (Wildman–Crippen LogP) is 4.22. The Morgan fingerprint density at radius 1 is 1.11 bits per heavy atom. The summed E-state index contributed by atoms with van der Waals surface area (Å²) in [7, 11) is 0. The molecule has 1 aromatic rings. The van der Waals surface area contributed by atoms with Gasteiger partial charge in [0.25, 0.3) is 0 Å². The highest BCUT2D eigenvalue weighted by Gasteiger charge is 1.94. The summed E-state index contributed by atoms with van der Waals surface area (Å²) in [5.74, 6) is -0.211. The molecule has 0 spiro atoms. The summed E-state index contributed by atoms with van der Waals surface area (Å²) in [6.07, 6.45) is 6.30. The molecule has 0 saturated carbocycles. The van der Waals surface area contributed by atoms with E-state index >= 15 is 0 Å². The van der Waals surface area contributed by atoms with Crippen LogP contribution in [-0.2, 0) is 4.74 Å². The van der Waals surface area contributed by atoms with Crippen LogP contribution in [0.25, 0.3) is 0 Å². The van der Waals surface area contributed by atoms with E-state index in [4.69, 9.17) is 4.74 Å². The molecule has 0 fully saturated rings. The number of ether oxygens (including phenoxy) is 1. The number of hydrogen-bond acceptors (Lipinski definition) is 2. The fraction of sp³-hybridized carbons (Fsp3) is 0.600. The van der Waals surface area contributed by atoms with Crippen molar-refractivity contribution in [1.29, 1.82) is 0 Å². The normalized spacial score (nSPS) is 10.6. The molecular weight excluding hydrogens is 229 g/mol. The number of unbranched alkanes of at least 4 members (excludes halogenated alkanes) is 4. The van der Waals surface area contributed by atoms with Gasteiger partial charge in [-0.25, -0.2) is 4.39 Å². The number of nitrogens with one attached hydrogen (secondary N) is 1. The Bertz CT molecular complexity index is 317. The summed E-state index contributed by atoms with van der Waals surface area (Å²) in [4.78, 5) is 0. The lowest BCUT2D eigenvalue weighted by Crippen LogP contribution is -2.10. The van der Waals surface area contributed by atoms with Gasteiger partial charge in [0.15, 0.2) is 0 Å².